The van der Waals surface area contributed by atoms with Gasteiger partial charge < -0.3 is 11.1 Å². The summed E-state index contributed by atoms with van der Waals surface area (Å²) in [6, 6.07) is 5.93. The van der Waals surface area contributed by atoms with Crippen LogP contribution in [0.3, 0.4) is 0 Å². The van der Waals surface area contributed by atoms with Crippen molar-refractivity contribution in [2.24, 2.45) is 11.1 Å². The normalized spacial score (nSPS) is 13.1. The molecule has 8 heteroatoms. The largest absolute Gasteiger partial charge is 0.353 e. The Labute approximate surface area is 144 Å². The molecule has 0 aliphatic heterocycles. The van der Waals surface area contributed by atoms with Gasteiger partial charge in [-0.25, -0.2) is 13.1 Å². The van der Waals surface area contributed by atoms with E-state index < -0.39 is 16.1 Å². The number of carbonyl (C=O) groups is 1. The van der Waals surface area contributed by atoms with Gasteiger partial charge >= 0.3 is 0 Å². The number of nitrogens with one attached hydrogen (secondary N) is 2. The van der Waals surface area contributed by atoms with Crippen LogP contribution in [0.1, 0.15) is 26.3 Å². The minimum absolute atomic E-state index is 0. The Morgan fingerprint density at radius 1 is 1.17 bits per heavy atom. The second-order valence-electron chi connectivity index (χ2n) is 6.35. The highest BCUT2D eigenvalue weighted by molar-refractivity contribution is 7.89. The lowest BCUT2D eigenvalue weighted by molar-refractivity contribution is -0.124. The van der Waals surface area contributed by atoms with Crippen molar-refractivity contribution in [3.05, 3.63) is 29.8 Å². The van der Waals surface area contributed by atoms with E-state index in [1.165, 1.54) is 0 Å². The van der Waals surface area contributed by atoms with Crippen LogP contribution < -0.4 is 15.8 Å². The zero-order valence-electron chi connectivity index (χ0n) is 13.9. The molecule has 0 saturated heterocycles. The number of aryl methyl sites for hydroxylation is 1. The number of sulfonamides is 1. The Balaban J connectivity index is 0.00000484. The predicted octanol–water partition coefficient (Wildman–Crippen LogP) is 1.18. The van der Waals surface area contributed by atoms with Crippen molar-refractivity contribution in [2.45, 2.75) is 38.6 Å². The van der Waals surface area contributed by atoms with Gasteiger partial charge in [-0.05, 0) is 24.5 Å². The first-order valence-corrected chi connectivity index (χ1v) is 8.62. The zero-order chi connectivity index (χ0) is 17.0. The highest BCUT2D eigenvalue weighted by atomic mass is 35.5. The number of hydrogen-bond acceptors (Lipinski definition) is 4. The van der Waals surface area contributed by atoms with Gasteiger partial charge in [-0.15, -0.1) is 12.4 Å². The Kier molecular flexibility index (Phi) is 8.20. The molecule has 132 valence electrons. The van der Waals surface area contributed by atoms with E-state index in [-0.39, 0.29) is 41.7 Å². The van der Waals surface area contributed by atoms with E-state index in [4.69, 9.17) is 5.73 Å². The molecule has 23 heavy (non-hydrogen) atoms. The van der Waals surface area contributed by atoms with Crippen molar-refractivity contribution in [1.29, 1.82) is 0 Å². The summed E-state index contributed by atoms with van der Waals surface area (Å²) in [5.41, 5.74) is 6.46. The topological polar surface area (TPSA) is 101 Å². The molecule has 0 aliphatic carbocycles. The fraction of sp³-hybridized carbons (Fsp3) is 0.533. The van der Waals surface area contributed by atoms with Gasteiger partial charge in [0, 0.05) is 13.1 Å². The summed E-state index contributed by atoms with van der Waals surface area (Å²) in [6.07, 6.45) is 0. The molecule has 0 fully saturated rings. The van der Waals surface area contributed by atoms with Crippen molar-refractivity contribution in [3.63, 3.8) is 0 Å². The molecular weight excluding hydrogens is 338 g/mol. The minimum Gasteiger partial charge on any atom is -0.353 e. The van der Waals surface area contributed by atoms with Crippen molar-refractivity contribution in [1.82, 2.24) is 10.0 Å². The molecule has 1 amide bonds. The quantitative estimate of drug-likeness (QED) is 0.660. The zero-order valence-corrected chi connectivity index (χ0v) is 15.6. The molecule has 0 aliphatic rings. The van der Waals surface area contributed by atoms with Crippen molar-refractivity contribution in [3.8, 4) is 0 Å². The van der Waals surface area contributed by atoms with E-state index in [1.54, 1.807) is 24.3 Å². The monoisotopic (exact) mass is 363 g/mol. The molecule has 0 saturated carbocycles. The summed E-state index contributed by atoms with van der Waals surface area (Å²) < 4.78 is 26.5. The molecular formula is C15H26ClN3O3S. The van der Waals surface area contributed by atoms with Gasteiger partial charge in [0.1, 0.15) is 0 Å². The fourth-order valence-corrected chi connectivity index (χ4v) is 2.71. The summed E-state index contributed by atoms with van der Waals surface area (Å²) in [6.45, 7) is 7.80. The molecule has 1 rings (SSSR count). The van der Waals surface area contributed by atoms with Crippen molar-refractivity contribution >= 4 is 28.3 Å². The Morgan fingerprint density at radius 2 is 1.70 bits per heavy atom. The molecule has 0 heterocycles. The van der Waals surface area contributed by atoms with Crippen LogP contribution in [0.15, 0.2) is 29.2 Å². The number of benzene rings is 1. The molecule has 1 atom stereocenters. The highest BCUT2D eigenvalue weighted by Crippen LogP contribution is 2.17. The van der Waals surface area contributed by atoms with Gasteiger partial charge in [0.2, 0.25) is 15.9 Å². The highest BCUT2D eigenvalue weighted by Gasteiger charge is 2.27. The minimum atomic E-state index is -3.56. The average molecular weight is 364 g/mol. The summed E-state index contributed by atoms with van der Waals surface area (Å²) in [4.78, 5) is 12.0. The van der Waals surface area contributed by atoms with Gasteiger partial charge in [0.25, 0.3) is 0 Å². The van der Waals surface area contributed by atoms with Crippen LogP contribution in [0.4, 0.5) is 0 Å². The number of rotatable bonds is 6. The summed E-state index contributed by atoms with van der Waals surface area (Å²) in [5, 5.41) is 2.63. The fourth-order valence-electron chi connectivity index (χ4n) is 1.68. The van der Waals surface area contributed by atoms with Crippen LogP contribution in [0.2, 0.25) is 0 Å². The maximum absolute atomic E-state index is 12.0. The first kappa shape index (κ1) is 21.9. The third-order valence-corrected chi connectivity index (χ3v) is 4.74. The SMILES string of the molecule is Cc1ccc(S(=O)(=O)NCCNC(=O)[C@@H](N)C(C)(C)C)cc1.Cl. The molecule has 1 aromatic rings. The first-order valence-electron chi connectivity index (χ1n) is 7.13. The lowest BCUT2D eigenvalue weighted by Crippen LogP contribution is -2.49. The van der Waals surface area contributed by atoms with E-state index in [0.29, 0.717) is 0 Å². The molecule has 0 bridgehead atoms. The van der Waals surface area contributed by atoms with Crippen LogP contribution in [0.5, 0.6) is 0 Å². The number of carbonyl (C=O) groups excluding carboxylic acids is 1. The number of halogens is 1. The Morgan fingerprint density at radius 3 is 2.17 bits per heavy atom. The Hall–Kier alpha value is -1.15. The first-order chi connectivity index (χ1) is 10.0. The molecule has 0 spiro atoms. The second-order valence-corrected chi connectivity index (χ2v) is 8.11. The molecule has 6 nitrogen and oxygen atoms in total. The predicted molar refractivity (Wildman–Crippen MR) is 94.1 cm³/mol. The third kappa shape index (κ3) is 6.87. The van der Waals surface area contributed by atoms with E-state index >= 15 is 0 Å². The van der Waals surface area contributed by atoms with Crippen LogP contribution in [0, 0.1) is 12.3 Å². The van der Waals surface area contributed by atoms with E-state index in [0.717, 1.165) is 5.56 Å². The average Bonchev–Trinajstić information content (AvgIpc) is 2.42. The summed E-state index contributed by atoms with van der Waals surface area (Å²) in [7, 11) is -3.56. The third-order valence-electron chi connectivity index (χ3n) is 3.26. The summed E-state index contributed by atoms with van der Waals surface area (Å²) >= 11 is 0. The van der Waals surface area contributed by atoms with Crippen LogP contribution in [-0.4, -0.2) is 33.5 Å². The maximum Gasteiger partial charge on any atom is 0.240 e. The lowest BCUT2D eigenvalue weighted by atomic mass is 9.87. The van der Waals surface area contributed by atoms with Gasteiger partial charge in [0.05, 0.1) is 10.9 Å². The molecule has 1 aromatic carbocycles. The van der Waals surface area contributed by atoms with Crippen LogP contribution in [0.25, 0.3) is 0 Å². The molecule has 4 N–H and O–H groups in total. The standard InChI is InChI=1S/C15H25N3O3S.ClH/c1-11-5-7-12(8-6-11)22(20,21)18-10-9-17-14(19)13(16)15(2,3)4;/h5-8,13,18H,9-10,16H2,1-4H3,(H,17,19);1H/t13-;/m1./s1. The summed E-state index contributed by atoms with van der Waals surface area (Å²) in [5.74, 6) is -0.290. The number of hydrogen-bond donors (Lipinski definition) is 3. The van der Waals surface area contributed by atoms with Crippen LogP contribution >= 0.6 is 12.4 Å². The molecule has 0 aromatic heterocycles. The second kappa shape index (κ2) is 8.63. The van der Waals surface area contributed by atoms with E-state index in [9.17, 15) is 13.2 Å². The number of nitrogens with two attached hydrogens (primary N) is 1. The maximum atomic E-state index is 12.0. The number of amides is 1. The van der Waals surface area contributed by atoms with Crippen molar-refractivity contribution in [2.75, 3.05) is 13.1 Å². The van der Waals surface area contributed by atoms with Crippen LogP contribution in [-0.2, 0) is 14.8 Å². The smallest absolute Gasteiger partial charge is 0.240 e. The van der Waals surface area contributed by atoms with E-state index in [1.807, 2.05) is 27.7 Å². The van der Waals surface area contributed by atoms with E-state index in [2.05, 4.69) is 10.0 Å². The van der Waals surface area contributed by atoms with Gasteiger partial charge in [-0.2, -0.15) is 0 Å². The van der Waals surface area contributed by atoms with Gasteiger partial charge in [0.15, 0.2) is 0 Å². The lowest BCUT2D eigenvalue weighted by Gasteiger charge is -2.25. The molecule has 0 radical (unpaired) electrons. The molecule has 0 unspecified atom stereocenters. The van der Waals surface area contributed by atoms with Gasteiger partial charge in [-0.3, -0.25) is 4.79 Å². The van der Waals surface area contributed by atoms with Gasteiger partial charge in [-0.1, -0.05) is 38.5 Å². The Bertz CT molecular complexity index is 610. The van der Waals surface area contributed by atoms with Crippen molar-refractivity contribution < 1.29 is 13.2 Å².